The van der Waals surface area contributed by atoms with Gasteiger partial charge in [-0.2, -0.15) is 0 Å². The number of urea groups is 1. The quantitative estimate of drug-likeness (QED) is 0.708. The first-order valence-corrected chi connectivity index (χ1v) is 10.1. The van der Waals surface area contributed by atoms with Crippen molar-refractivity contribution in [3.63, 3.8) is 0 Å². The fourth-order valence-electron chi connectivity index (χ4n) is 3.09. The van der Waals surface area contributed by atoms with Gasteiger partial charge >= 0.3 is 6.03 Å². The molecule has 1 aliphatic rings. The van der Waals surface area contributed by atoms with Crippen LogP contribution in [0.15, 0.2) is 41.8 Å². The van der Waals surface area contributed by atoms with Crippen molar-refractivity contribution in [2.75, 3.05) is 32.1 Å². The third-order valence-electron chi connectivity index (χ3n) is 4.41. The number of methoxy groups -OCH3 is 1. The molecule has 0 radical (unpaired) electrons. The molecule has 7 nitrogen and oxygen atoms in total. The zero-order chi connectivity index (χ0) is 19.8. The maximum atomic E-state index is 12.4. The Morgan fingerprint density at radius 1 is 1.29 bits per heavy atom. The number of carbonyl (C=O) groups excluding carboxylic acids is 2. The van der Waals surface area contributed by atoms with Crippen molar-refractivity contribution < 1.29 is 19.1 Å². The number of nitrogens with one attached hydrogen (secondary N) is 2. The Bertz CT molecular complexity index is 758. The Kier molecular flexibility index (Phi) is 7.41. The molecule has 0 bridgehead atoms. The second kappa shape index (κ2) is 10.2. The Hall–Kier alpha value is -2.42. The number of nitrogens with zero attached hydrogens (tertiary/aromatic N) is 1. The summed E-state index contributed by atoms with van der Waals surface area (Å²) in [7, 11) is 1.58. The Balaban J connectivity index is 1.51. The van der Waals surface area contributed by atoms with Crippen LogP contribution in [-0.2, 0) is 16.1 Å². The van der Waals surface area contributed by atoms with E-state index in [1.807, 2.05) is 22.4 Å². The first kappa shape index (κ1) is 20.3. The molecule has 1 aliphatic heterocycles. The second-order valence-electron chi connectivity index (χ2n) is 6.61. The van der Waals surface area contributed by atoms with E-state index >= 15 is 0 Å². The smallest absolute Gasteiger partial charge is 0.325 e. The predicted octanol–water partition coefficient (Wildman–Crippen LogP) is 3.09. The first-order valence-electron chi connectivity index (χ1n) is 9.23. The third-order valence-corrected chi connectivity index (χ3v) is 5.27. The van der Waals surface area contributed by atoms with Gasteiger partial charge in [0.1, 0.15) is 5.75 Å². The van der Waals surface area contributed by atoms with Crippen molar-refractivity contribution in [3.8, 4) is 5.75 Å². The van der Waals surface area contributed by atoms with E-state index in [4.69, 9.17) is 9.47 Å². The highest BCUT2D eigenvalue weighted by Gasteiger charge is 2.22. The number of anilines is 1. The average molecular weight is 404 g/mol. The van der Waals surface area contributed by atoms with Crippen LogP contribution in [-0.4, -0.2) is 49.7 Å². The molecule has 1 unspecified atom stereocenters. The van der Waals surface area contributed by atoms with E-state index in [2.05, 4.69) is 10.6 Å². The largest absolute Gasteiger partial charge is 0.497 e. The molecule has 0 saturated carbocycles. The van der Waals surface area contributed by atoms with E-state index in [-0.39, 0.29) is 18.6 Å². The molecule has 8 heteroatoms. The number of hydrogen-bond acceptors (Lipinski definition) is 6. The number of thiophene rings is 1. The molecule has 1 atom stereocenters. The van der Waals surface area contributed by atoms with Crippen LogP contribution >= 0.6 is 11.3 Å². The predicted molar refractivity (Wildman–Crippen MR) is 109 cm³/mol. The summed E-state index contributed by atoms with van der Waals surface area (Å²) in [5.41, 5.74) is 0.584. The molecule has 150 valence electrons. The lowest BCUT2D eigenvalue weighted by Gasteiger charge is -2.24. The van der Waals surface area contributed by atoms with Crippen LogP contribution in [0, 0.1) is 0 Å². The van der Waals surface area contributed by atoms with Gasteiger partial charge in [-0.1, -0.05) is 6.07 Å². The maximum absolute atomic E-state index is 12.4. The lowest BCUT2D eigenvalue weighted by atomic mass is 10.2. The maximum Gasteiger partial charge on any atom is 0.325 e. The fourth-order valence-corrected chi connectivity index (χ4v) is 3.84. The number of imide groups is 1. The third kappa shape index (κ3) is 6.33. The van der Waals surface area contributed by atoms with Gasteiger partial charge in [0.25, 0.3) is 0 Å². The molecule has 28 heavy (non-hydrogen) atoms. The van der Waals surface area contributed by atoms with E-state index in [1.54, 1.807) is 42.7 Å². The van der Waals surface area contributed by atoms with Gasteiger partial charge in [-0.15, -0.1) is 11.3 Å². The summed E-state index contributed by atoms with van der Waals surface area (Å²) in [6.45, 7) is 2.23. The summed E-state index contributed by atoms with van der Waals surface area (Å²) < 4.78 is 10.8. The summed E-state index contributed by atoms with van der Waals surface area (Å²) >= 11 is 1.65. The summed E-state index contributed by atoms with van der Waals surface area (Å²) in [5, 5.41) is 7.06. The van der Waals surface area contributed by atoms with Crippen LogP contribution in [0.25, 0.3) is 0 Å². The van der Waals surface area contributed by atoms with Crippen molar-refractivity contribution in [3.05, 3.63) is 46.7 Å². The Morgan fingerprint density at radius 2 is 2.11 bits per heavy atom. The van der Waals surface area contributed by atoms with Gasteiger partial charge in [0.05, 0.1) is 19.8 Å². The molecule has 2 aromatic rings. The van der Waals surface area contributed by atoms with E-state index < -0.39 is 6.03 Å². The molecule has 2 N–H and O–H groups in total. The highest BCUT2D eigenvalue weighted by atomic mass is 32.1. The van der Waals surface area contributed by atoms with Gasteiger partial charge in [0.15, 0.2) is 0 Å². The van der Waals surface area contributed by atoms with E-state index in [1.165, 1.54) is 4.88 Å². The standard InChI is InChI=1S/C20H25N3O4S/c1-26-16-8-6-15(7-9-16)21-20(25)22-19(24)14-23(12-17-4-2-10-27-17)13-18-5-3-11-28-18/h3,5-9,11,17H,2,4,10,12-14H2,1H3,(H2,21,22,24,25). The minimum absolute atomic E-state index is 0.133. The summed E-state index contributed by atoms with van der Waals surface area (Å²) in [5.74, 6) is 0.348. The Labute approximate surface area is 168 Å². The van der Waals surface area contributed by atoms with Crippen LogP contribution in [0.4, 0.5) is 10.5 Å². The van der Waals surface area contributed by atoms with Crippen LogP contribution in [0.5, 0.6) is 5.75 Å². The molecule has 1 aromatic carbocycles. The van der Waals surface area contributed by atoms with Crippen molar-refractivity contribution in [2.24, 2.45) is 0 Å². The molecule has 0 spiro atoms. The fraction of sp³-hybridized carbons (Fsp3) is 0.400. The number of rotatable bonds is 8. The van der Waals surface area contributed by atoms with Gasteiger partial charge in [-0.3, -0.25) is 15.0 Å². The topological polar surface area (TPSA) is 79.9 Å². The van der Waals surface area contributed by atoms with Gasteiger partial charge in [-0.05, 0) is 48.6 Å². The van der Waals surface area contributed by atoms with Crippen LogP contribution < -0.4 is 15.4 Å². The van der Waals surface area contributed by atoms with E-state index in [0.717, 1.165) is 19.4 Å². The van der Waals surface area contributed by atoms with E-state index in [0.29, 0.717) is 24.5 Å². The summed E-state index contributed by atoms with van der Waals surface area (Å²) in [6, 6.07) is 10.4. The molecule has 1 fully saturated rings. The van der Waals surface area contributed by atoms with Crippen molar-refractivity contribution >= 4 is 29.0 Å². The van der Waals surface area contributed by atoms with Gasteiger partial charge in [0, 0.05) is 30.3 Å². The molecule has 1 saturated heterocycles. The van der Waals surface area contributed by atoms with E-state index in [9.17, 15) is 9.59 Å². The SMILES string of the molecule is COc1ccc(NC(=O)NC(=O)CN(Cc2cccs2)CC2CCCO2)cc1. The zero-order valence-electron chi connectivity index (χ0n) is 15.8. The number of hydrogen-bond donors (Lipinski definition) is 2. The molecule has 1 aromatic heterocycles. The van der Waals surface area contributed by atoms with Gasteiger partial charge in [0.2, 0.25) is 5.91 Å². The molecule has 3 amide bonds. The molecule has 2 heterocycles. The van der Waals surface area contributed by atoms with Crippen LogP contribution in [0.3, 0.4) is 0 Å². The minimum Gasteiger partial charge on any atom is -0.497 e. The summed E-state index contributed by atoms with van der Waals surface area (Å²) in [4.78, 5) is 27.7. The van der Waals surface area contributed by atoms with Crippen molar-refractivity contribution in [2.45, 2.75) is 25.5 Å². The number of ether oxygens (including phenoxy) is 2. The van der Waals surface area contributed by atoms with Gasteiger partial charge in [-0.25, -0.2) is 4.79 Å². The minimum atomic E-state index is -0.552. The molecule has 3 rings (SSSR count). The van der Waals surface area contributed by atoms with Gasteiger partial charge < -0.3 is 14.8 Å². The lowest BCUT2D eigenvalue weighted by molar-refractivity contribution is -0.121. The molecular weight excluding hydrogens is 378 g/mol. The van der Waals surface area contributed by atoms with Crippen LogP contribution in [0.1, 0.15) is 17.7 Å². The monoisotopic (exact) mass is 403 g/mol. The highest BCUT2D eigenvalue weighted by molar-refractivity contribution is 7.09. The lowest BCUT2D eigenvalue weighted by Crippen LogP contribution is -2.43. The highest BCUT2D eigenvalue weighted by Crippen LogP contribution is 2.17. The average Bonchev–Trinajstić information content (AvgIpc) is 3.36. The number of amides is 3. The van der Waals surface area contributed by atoms with Crippen molar-refractivity contribution in [1.29, 1.82) is 0 Å². The Morgan fingerprint density at radius 3 is 2.75 bits per heavy atom. The molecular formula is C20H25N3O4S. The molecule has 0 aliphatic carbocycles. The second-order valence-corrected chi connectivity index (χ2v) is 7.65. The first-order chi connectivity index (χ1) is 13.6. The zero-order valence-corrected chi connectivity index (χ0v) is 16.7. The normalized spacial score (nSPS) is 16.1. The summed E-state index contributed by atoms with van der Waals surface area (Å²) in [6.07, 6.45) is 2.19. The number of carbonyl (C=O) groups is 2. The number of benzene rings is 1. The van der Waals surface area contributed by atoms with Crippen LogP contribution in [0.2, 0.25) is 0 Å². The van der Waals surface area contributed by atoms with Crippen molar-refractivity contribution in [1.82, 2.24) is 10.2 Å².